The molecular weight excluding hydrogens is 295 g/mol. The van der Waals surface area contributed by atoms with Crippen molar-refractivity contribution in [2.45, 2.75) is 32.7 Å². The van der Waals surface area contributed by atoms with Crippen LogP contribution in [0.2, 0.25) is 5.02 Å². The number of piperidine rings is 1. The number of aryl methyl sites for hydroxylation is 1. The van der Waals surface area contributed by atoms with Gasteiger partial charge in [0.05, 0.1) is 0 Å². The summed E-state index contributed by atoms with van der Waals surface area (Å²) in [6.07, 6.45) is 1.98. The molecule has 0 aliphatic carbocycles. The quantitative estimate of drug-likeness (QED) is 0.910. The van der Waals surface area contributed by atoms with Gasteiger partial charge >= 0.3 is 0 Å². The minimum Gasteiger partial charge on any atom is -0.339 e. The average molecular weight is 317 g/mol. The highest BCUT2D eigenvalue weighted by Crippen LogP contribution is 2.23. The molecule has 1 fully saturated rings. The molecule has 3 nitrogen and oxygen atoms in total. The molecule has 2 N–H and O–H groups in total. The molecular formula is C15H22Cl2N2O. The van der Waals surface area contributed by atoms with Gasteiger partial charge in [0.15, 0.2) is 0 Å². The summed E-state index contributed by atoms with van der Waals surface area (Å²) < 4.78 is 0. The molecule has 1 atom stereocenters. The van der Waals surface area contributed by atoms with E-state index in [0.717, 1.165) is 31.5 Å². The first kappa shape index (κ1) is 17.3. The molecule has 112 valence electrons. The van der Waals surface area contributed by atoms with Crippen molar-refractivity contribution in [2.24, 2.45) is 11.7 Å². The number of nitrogens with two attached hydrogens (primary N) is 1. The van der Waals surface area contributed by atoms with E-state index in [0.29, 0.717) is 16.5 Å². The molecule has 1 unspecified atom stereocenters. The van der Waals surface area contributed by atoms with E-state index in [4.69, 9.17) is 17.3 Å². The van der Waals surface area contributed by atoms with Crippen molar-refractivity contribution in [3.05, 3.63) is 34.3 Å². The van der Waals surface area contributed by atoms with Crippen LogP contribution in [0.3, 0.4) is 0 Å². The lowest BCUT2D eigenvalue weighted by Gasteiger charge is -2.34. The van der Waals surface area contributed by atoms with E-state index in [1.54, 1.807) is 6.07 Å². The van der Waals surface area contributed by atoms with Gasteiger partial charge in [-0.1, -0.05) is 17.7 Å². The van der Waals surface area contributed by atoms with Crippen LogP contribution in [-0.4, -0.2) is 29.9 Å². The van der Waals surface area contributed by atoms with Crippen LogP contribution in [0, 0.1) is 12.8 Å². The topological polar surface area (TPSA) is 46.3 Å². The summed E-state index contributed by atoms with van der Waals surface area (Å²) in [6, 6.07) is 5.68. The predicted molar refractivity (Wildman–Crippen MR) is 85.7 cm³/mol. The van der Waals surface area contributed by atoms with Crippen LogP contribution in [0.5, 0.6) is 0 Å². The fourth-order valence-electron chi connectivity index (χ4n) is 2.62. The first-order valence-corrected chi connectivity index (χ1v) is 7.18. The maximum Gasteiger partial charge on any atom is 0.254 e. The van der Waals surface area contributed by atoms with E-state index in [1.165, 1.54) is 0 Å². The number of halogens is 2. The molecule has 0 aromatic heterocycles. The van der Waals surface area contributed by atoms with Crippen molar-refractivity contribution in [3.8, 4) is 0 Å². The largest absolute Gasteiger partial charge is 0.339 e. The number of nitrogens with zero attached hydrogens (tertiary/aromatic N) is 1. The summed E-state index contributed by atoms with van der Waals surface area (Å²) in [5.74, 6) is 0.618. The zero-order valence-corrected chi connectivity index (χ0v) is 13.5. The van der Waals surface area contributed by atoms with Gasteiger partial charge < -0.3 is 10.6 Å². The molecule has 1 heterocycles. The Morgan fingerprint density at radius 3 is 2.55 bits per heavy atom. The van der Waals surface area contributed by atoms with E-state index in [1.807, 2.05) is 30.9 Å². The van der Waals surface area contributed by atoms with Crippen LogP contribution in [0.25, 0.3) is 0 Å². The van der Waals surface area contributed by atoms with Crippen molar-refractivity contribution in [2.75, 3.05) is 13.1 Å². The zero-order valence-electron chi connectivity index (χ0n) is 11.9. The molecule has 1 aliphatic heterocycles. The number of amides is 1. The molecule has 1 aliphatic rings. The lowest BCUT2D eigenvalue weighted by atomic mass is 9.90. The third-order valence-corrected chi connectivity index (χ3v) is 4.24. The van der Waals surface area contributed by atoms with Crippen molar-refractivity contribution < 1.29 is 4.79 Å². The van der Waals surface area contributed by atoms with Gasteiger partial charge in [0, 0.05) is 29.7 Å². The molecule has 2 rings (SSSR count). The van der Waals surface area contributed by atoms with Gasteiger partial charge in [0.1, 0.15) is 0 Å². The summed E-state index contributed by atoms with van der Waals surface area (Å²) in [5, 5.41) is 0.611. The highest BCUT2D eigenvalue weighted by atomic mass is 35.5. The Labute approximate surface area is 131 Å². The van der Waals surface area contributed by atoms with Crippen molar-refractivity contribution in [1.29, 1.82) is 0 Å². The van der Waals surface area contributed by atoms with Gasteiger partial charge in [-0.25, -0.2) is 0 Å². The first-order chi connectivity index (χ1) is 8.99. The number of hydrogen-bond acceptors (Lipinski definition) is 2. The number of rotatable bonds is 2. The summed E-state index contributed by atoms with van der Waals surface area (Å²) in [6.45, 7) is 5.57. The van der Waals surface area contributed by atoms with Gasteiger partial charge in [0.2, 0.25) is 0 Å². The van der Waals surface area contributed by atoms with Gasteiger partial charge in [0.25, 0.3) is 5.91 Å². The predicted octanol–water partition coefficient (Wildman–Crippen LogP) is 3.27. The number of benzene rings is 1. The summed E-state index contributed by atoms with van der Waals surface area (Å²) >= 11 is 5.98. The number of carbonyl (C=O) groups excluding carboxylic acids is 1. The van der Waals surface area contributed by atoms with Crippen molar-refractivity contribution in [1.82, 2.24) is 4.90 Å². The van der Waals surface area contributed by atoms with Gasteiger partial charge in [-0.3, -0.25) is 4.79 Å². The van der Waals surface area contributed by atoms with Crippen LogP contribution in [-0.2, 0) is 0 Å². The SMILES string of the molecule is Cc1ccc(Cl)cc1C(=O)N1CCC(C(C)N)CC1.Cl. The fourth-order valence-corrected chi connectivity index (χ4v) is 2.80. The van der Waals surface area contributed by atoms with E-state index < -0.39 is 0 Å². The molecule has 5 heteroatoms. The average Bonchev–Trinajstić information content (AvgIpc) is 2.41. The maximum atomic E-state index is 12.5. The highest BCUT2D eigenvalue weighted by molar-refractivity contribution is 6.31. The molecule has 1 aromatic rings. The van der Waals surface area contributed by atoms with Crippen LogP contribution in [0.4, 0.5) is 0 Å². The minimum absolute atomic E-state index is 0. The molecule has 20 heavy (non-hydrogen) atoms. The second-order valence-electron chi connectivity index (χ2n) is 5.45. The summed E-state index contributed by atoms with van der Waals surface area (Å²) in [7, 11) is 0. The molecule has 1 amide bonds. The number of likely N-dealkylation sites (tertiary alicyclic amines) is 1. The summed E-state index contributed by atoms with van der Waals surface area (Å²) in [5.41, 5.74) is 7.61. The molecule has 0 radical (unpaired) electrons. The van der Waals surface area contributed by atoms with Crippen molar-refractivity contribution >= 4 is 29.9 Å². The Bertz CT molecular complexity index is 469. The Morgan fingerprint density at radius 1 is 1.40 bits per heavy atom. The maximum absolute atomic E-state index is 12.5. The molecule has 0 saturated carbocycles. The fraction of sp³-hybridized carbons (Fsp3) is 0.533. The second-order valence-corrected chi connectivity index (χ2v) is 5.88. The Balaban J connectivity index is 0.00000200. The van der Waals surface area contributed by atoms with Crippen LogP contribution >= 0.6 is 24.0 Å². The van der Waals surface area contributed by atoms with Crippen LogP contribution < -0.4 is 5.73 Å². The third kappa shape index (κ3) is 3.87. The normalized spacial score (nSPS) is 17.5. The smallest absolute Gasteiger partial charge is 0.254 e. The van der Waals surface area contributed by atoms with Gasteiger partial charge in [-0.15, -0.1) is 12.4 Å². The minimum atomic E-state index is 0. The van der Waals surface area contributed by atoms with E-state index in [9.17, 15) is 4.79 Å². The summed E-state index contributed by atoms with van der Waals surface area (Å²) in [4.78, 5) is 14.4. The van der Waals surface area contributed by atoms with E-state index in [-0.39, 0.29) is 24.4 Å². The van der Waals surface area contributed by atoms with Crippen molar-refractivity contribution in [3.63, 3.8) is 0 Å². The molecule has 1 aromatic carbocycles. The molecule has 0 bridgehead atoms. The lowest BCUT2D eigenvalue weighted by Crippen LogP contribution is -2.42. The number of carbonyl (C=O) groups is 1. The van der Waals surface area contributed by atoms with E-state index in [2.05, 4.69) is 0 Å². The Hall–Kier alpha value is -0.770. The molecule has 1 saturated heterocycles. The zero-order chi connectivity index (χ0) is 14.0. The molecule has 0 spiro atoms. The highest BCUT2D eigenvalue weighted by Gasteiger charge is 2.26. The second kappa shape index (κ2) is 7.30. The van der Waals surface area contributed by atoms with Crippen LogP contribution in [0.15, 0.2) is 18.2 Å². The Kier molecular flexibility index (Phi) is 6.31. The monoisotopic (exact) mass is 316 g/mol. The standard InChI is InChI=1S/C15H21ClN2O.ClH/c1-10-3-4-13(16)9-14(10)15(19)18-7-5-12(6-8-18)11(2)17;/h3-4,9,11-12H,5-8,17H2,1-2H3;1H. The lowest BCUT2D eigenvalue weighted by molar-refractivity contribution is 0.0680. The van der Waals surface area contributed by atoms with Gasteiger partial charge in [-0.05, 0) is 50.3 Å². The number of hydrogen-bond donors (Lipinski definition) is 1. The van der Waals surface area contributed by atoms with E-state index >= 15 is 0 Å². The van der Waals surface area contributed by atoms with Crippen LogP contribution in [0.1, 0.15) is 35.7 Å². The Morgan fingerprint density at radius 2 is 2.00 bits per heavy atom. The van der Waals surface area contributed by atoms with Gasteiger partial charge in [-0.2, -0.15) is 0 Å². The first-order valence-electron chi connectivity index (χ1n) is 6.80. The third-order valence-electron chi connectivity index (χ3n) is 4.00.